The minimum Gasteiger partial charge on any atom is -0.494 e. The van der Waals surface area contributed by atoms with E-state index in [0.717, 1.165) is 14.5 Å². The summed E-state index contributed by atoms with van der Waals surface area (Å²) in [5.41, 5.74) is 0.277. The molecule has 0 aliphatic rings. The van der Waals surface area contributed by atoms with Gasteiger partial charge in [-0.1, -0.05) is 34.1 Å². The number of ether oxygens (including phenoxy) is 1. The molecule has 6 nitrogen and oxygen atoms in total. The number of anilines is 1. The molecule has 0 bridgehead atoms. The van der Waals surface area contributed by atoms with Gasteiger partial charge in [0.05, 0.1) is 12.3 Å². The fourth-order valence-corrected chi connectivity index (χ4v) is 3.60. The van der Waals surface area contributed by atoms with Gasteiger partial charge in [-0.2, -0.15) is 0 Å². The number of nitrogens with one attached hydrogen (secondary N) is 1. The lowest BCUT2D eigenvalue weighted by Crippen LogP contribution is -2.24. The molecular formula is C18H21BrN2O4S. The van der Waals surface area contributed by atoms with Crippen LogP contribution in [-0.4, -0.2) is 39.3 Å². The summed E-state index contributed by atoms with van der Waals surface area (Å²) in [7, 11) is -0.726. The molecule has 0 fully saturated rings. The van der Waals surface area contributed by atoms with Gasteiger partial charge in [0.1, 0.15) is 10.6 Å². The minimum absolute atomic E-state index is 0.0729. The van der Waals surface area contributed by atoms with E-state index in [2.05, 4.69) is 21.2 Å². The van der Waals surface area contributed by atoms with E-state index in [1.807, 2.05) is 24.3 Å². The van der Waals surface area contributed by atoms with Crippen molar-refractivity contribution in [1.82, 2.24) is 4.31 Å². The molecule has 0 aliphatic carbocycles. The molecule has 1 amide bonds. The third-order valence-electron chi connectivity index (χ3n) is 3.53. The number of nitrogens with zero attached hydrogens (tertiary/aromatic N) is 1. The van der Waals surface area contributed by atoms with Gasteiger partial charge in [0.15, 0.2) is 0 Å². The summed E-state index contributed by atoms with van der Waals surface area (Å²) in [6.07, 6.45) is 0.741. The molecule has 0 radical (unpaired) electrons. The quantitative estimate of drug-likeness (QED) is 0.637. The molecule has 0 saturated heterocycles. The van der Waals surface area contributed by atoms with Crippen LogP contribution in [0.3, 0.4) is 0 Å². The van der Waals surface area contributed by atoms with Gasteiger partial charge in [-0.3, -0.25) is 4.79 Å². The van der Waals surface area contributed by atoms with Gasteiger partial charge in [-0.25, -0.2) is 12.7 Å². The van der Waals surface area contributed by atoms with Crippen LogP contribution in [0.15, 0.2) is 57.9 Å². The summed E-state index contributed by atoms with van der Waals surface area (Å²) in [5, 5.41) is 2.67. The zero-order chi connectivity index (χ0) is 19.2. The third-order valence-corrected chi connectivity index (χ3v) is 5.90. The van der Waals surface area contributed by atoms with E-state index in [1.165, 1.54) is 20.2 Å². The SMILES string of the molecule is CN(C)S(=O)(=O)c1ccccc1NC(=O)CCCOc1cccc(Br)c1. The number of rotatable bonds is 8. The fourth-order valence-electron chi connectivity index (χ4n) is 2.18. The summed E-state index contributed by atoms with van der Waals surface area (Å²) >= 11 is 3.37. The molecule has 0 saturated carbocycles. The summed E-state index contributed by atoms with van der Waals surface area (Å²) in [6.45, 7) is 0.390. The Morgan fingerprint density at radius 1 is 1.15 bits per heavy atom. The van der Waals surface area contributed by atoms with Crippen molar-refractivity contribution in [3.05, 3.63) is 53.0 Å². The maximum Gasteiger partial charge on any atom is 0.244 e. The lowest BCUT2D eigenvalue weighted by molar-refractivity contribution is -0.116. The van der Waals surface area contributed by atoms with Crippen molar-refractivity contribution in [2.45, 2.75) is 17.7 Å². The monoisotopic (exact) mass is 440 g/mol. The molecule has 2 rings (SSSR count). The number of carbonyl (C=O) groups excluding carboxylic acids is 1. The van der Waals surface area contributed by atoms with E-state index in [0.29, 0.717) is 13.0 Å². The first kappa shape index (κ1) is 20.4. The van der Waals surface area contributed by atoms with Gasteiger partial charge in [0.25, 0.3) is 0 Å². The van der Waals surface area contributed by atoms with Gasteiger partial charge in [-0.15, -0.1) is 0 Å². The summed E-state index contributed by atoms with van der Waals surface area (Å²) in [6, 6.07) is 13.8. The van der Waals surface area contributed by atoms with Crippen LogP contribution in [0.25, 0.3) is 0 Å². The highest BCUT2D eigenvalue weighted by Crippen LogP contribution is 2.23. The topological polar surface area (TPSA) is 75.7 Å². The predicted octanol–water partition coefficient (Wildman–Crippen LogP) is 3.50. The number of carbonyl (C=O) groups is 1. The summed E-state index contributed by atoms with van der Waals surface area (Å²) < 4.78 is 32.3. The zero-order valence-electron chi connectivity index (χ0n) is 14.6. The van der Waals surface area contributed by atoms with Gasteiger partial charge in [0, 0.05) is 25.0 Å². The van der Waals surface area contributed by atoms with Crippen LogP contribution < -0.4 is 10.1 Å². The van der Waals surface area contributed by atoms with Crippen molar-refractivity contribution < 1.29 is 17.9 Å². The normalized spacial score (nSPS) is 11.4. The van der Waals surface area contributed by atoms with Crippen molar-refractivity contribution in [3.8, 4) is 5.75 Å². The molecule has 26 heavy (non-hydrogen) atoms. The first-order valence-corrected chi connectivity index (χ1v) is 10.2. The first-order valence-electron chi connectivity index (χ1n) is 8.00. The van der Waals surface area contributed by atoms with E-state index < -0.39 is 10.0 Å². The molecule has 0 heterocycles. The Bertz CT molecular complexity index is 869. The maximum absolute atomic E-state index is 12.3. The van der Waals surface area contributed by atoms with Gasteiger partial charge >= 0.3 is 0 Å². The Labute approximate surface area is 162 Å². The Hall–Kier alpha value is -1.90. The van der Waals surface area contributed by atoms with Crippen molar-refractivity contribution in [2.75, 3.05) is 26.0 Å². The maximum atomic E-state index is 12.3. The van der Waals surface area contributed by atoms with E-state index >= 15 is 0 Å². The molecule has 0 atom stereocenters. The number of hydrogen-bond donors (Lipinski definition) is 1. The molecule has 2 aromatic carbocycles. The largest absolute Gasteiger partial charge is 0.494 e. The average molecular weight is 441 g/mol. The first-order chi connectivity index (χ1) is 12.3. The van der Waals surface area contributed by atoms with Crippen molar-refractivity contribution in [3.63, 3.8) is 0 Å². The summed E-state index contributed by atoms with van der Waals surface area (Å²) in [5.74, 6) is 0.464. The van der Waals surface area contributed by atoms with Gasteiger partial charge in [-0.05, 0) is 36.8 Å². The summed E-state index contributed by atoms with van der Waals surface area (Å²) in [4.78, 5) is 12.2. The van der Waals surface area contributed by atoms with Crippen LogP contribution in [0.5, 0.6) is 5.75 Å². The Morgan fingerprint density at radius 2 is 1.88 bits per heavy atom. The lowest BCUT2D eigenvalue weighted by Gasteiger charge is -2.15. The number of halogens is 1. The van der Waals surface area contributed by atoms with E-state index in [9.17, 15) is 13.2 Å². The third kappa shape index (κ3) is 5.55. The Balaban J connectivity index is 1.90. The molecule has 0 spiro atoms. The molecule has 0 aliphatic heterocycles. The lowest BCUT2D eigenvalue weighted by atomic mass is 10.2. The molecule has 140 valence electrons. The van der Waals surface area contributed by atoms with Gasteiger partial charge in [0.2, 0.25) is 15.9 Å². The second-order valence-electron chi connectivity index (χ2n) is 5.74. The fraction of sp³-hybridized carbons (Fsp3) is 0.278. The van der Waals surface area contributed by atoms with Gasteiger partial charge < -0.3 is 10.1 Å². The number of hydrogen-bond acceptors (Lipinski definition) is 4. The van der Waals surface area contributed by atoms with E-state index in [-0.39, 0.29) is 22.9 Å². The van der Waals surface area contributed by atoms with Crippen molar-refractivity contribution in [2.24, 2.45) is 0 Å². The van der Waals surface area contributed by atoms with Crippen LogP contribution in [0.4, 0.5) is 5.69 Å². The number of para-hydroxylation sites is 1. The predicted molar refractivity (Wildman–Crippen MR) is 105 cm³/mol. The zero-order valence-corrected chi connectivity index (χ0v) is 17.0. The highest BCUT2D eigenvalue weighted by Gasteiger charge is 2.21. The van der Waals surface area contributed by atoms with Crippen molar-refractivity contribution >= 4 is 37.5 Å². The second-order valence-corrected chi connectivity index (χ2v) is 8.78. The van der Waals surface area contributed by atoms with Crippen LogP contribution in [0.1, 0.15) is 12.8 Å². The number of amides is 1. The van der Waals surface area contributed by atoms with Crippen LogP contribution in [-0.2, 0) is 14.8 Å². The van der Waals surface area contributed by atoms with Crippen molar-refractivity contribution in [1.29, 1.82) is 0 Å². The number of benzene rings is 2. The molecular weight excluding hydrogens is 420 g/mol. The molecule has 2 aromatic rings. The van der Waals surface area contributed by atoms with Crippen LogP contribution >= 0.6 is 15.9 Å². The molecule has 8 heteroatoms. The average Bonchev–Trinajstić information content (AvgIpc) is 2.59. The second kappa shape index (κ2) is 9.16. The van der Waals surface area contributed by atoms with E-state index in [1.54, 1.807) is 18.2 Å². The Morgan fingerprint density at radius 3 is 2.58 bits per heavy atom. The molecule has 0 unspecified atom stereocenters. The molecule has 1 N–H and O–H groups in total. The molecule has 0 aromatic heterocycles. The van der Waals surface area contributed by atoms with E-state index in [4.69, 9.17) is 4.74 Å². The van der Waals surface area contributed by atoms with Crippen LogP contribution in [0, 0.1) is 0 Å². The smallest absolute Gasteiger partial charge is 0.244 e. The highest BCUT2D eigenvalue weighted by atomic mass is 79.9. The van der Waals surface area contributed by atoms with Crippen LogP contribution in [0.2, 0.25) is 0 Å². The Kier molecular flexibility index (Phi) is 7.19. The standard InChI is InChI=1S/C18H21BrN2O4S/c1-21(2)26(23,24)17-10-4-3-9-16(17)20-18(22)11-6-12-25-15-8-5-7-14(19)13-15/h3-5,7-10,13H,6,11-12H2,1-2H3,(H,20,22). The number of sulfonamides is 1. The minimum atomic E-state index is -3.63. The highest BCUT2D eigenvalue weighted by molar-refractivity contribution is 9.10.